The van der Waals surface area contributed by atoms with Gasteiger partial charge in [-0.3, -0.25) is 0 Å². The smallest absolute Gasteiger partial charge is 0.147 e. The summed E-state index contributed by atoms with van der Waals surface area (Å²) in [5.74, 6) is 1.81. The largest absolute Gasteiger partial charge is 0.371 e. The fourth-order valence-corrected chi connectivity index (χ4v) is 1.10. The van der Waals surface area contributed by atoms with E-state index in [0.29, 0.717) is 6.10 Å². The van der Waals surface area contributed by atoms with E-state index in [0.717, 1.165) is 24.8 Å². The Kier molecular flexibility index (Phi) is 1.42. The Morgan fingerprint density at radius 3 is 2.82 bits per heavy atom. The van der Waals surface area contributed by atoms with E-state index in [9.17, 15) is 0 Å². The molecule has 0 aliphatic carbocycles. The minimum Gasteiger partial charge on any atom is -0.371 e. The highest BCUT2D eigenvalue weighted by Crippen LogP contribution is 2.11. The van der Waals surface area contributed by atoms with Crippen molar-refractivity contribution in [3.05, 3.63) is 11.6 Å². The van der Waals surface area contributed by atoms with Gasteiger partial charge < -0.3 is 4.74 Å². The Hall–Kier alpha value is -0.900. The number of aryl methyl sites for hydroxylation is 2. The van der Waals surface area contributed by atoms with E-state index in [2.05, 4.69) is 10.1 Å². The predicted octanol–water partition coefficient (Wildman–Crippen LogP) is 0.294. The highest BCUT2D eigenvalue weighted by atomic mass is 16.6. The molecule has 1 atom stereocenters. The number of aromatic nitrogens is 3. The number of ether oxygens (including phenoxy) is 1. The summed E-state index contributed by atoms with van der Waals surface area (Å²) in [6, 6.07) is 0. The van der Waals surface area contributed by atoms with Gasteiger partial charge in [-0.2, -0.15) is 5.10 Å². The van der Waals surface area contributed by atoms with Crippen LogP contribution in [0.4, 0.5) is 0 Å². The van der Waals surface area contributed by atoms with Crippen LogP contribution in [0.5, 0.6) is 0 Å². The highest BCUT2D eigenvalue weighted by Gasteiger charge is 2.23. The molecule has 0 N–H and O–H groups in total. The van der Waals surface area contributed by atoms with Gasteiger partial charge in [0.15, 0.2) is 0 Å². The van der Waals surface area contributed by atoms with Gasteiger partial charge in [0.25, 0.3) is 0 Å². The van der Waals surface area contributed by atoms with E-state index < -0.39 is 0 Å². The average Bonchev–Trinajstić information content (AvgIpc) is 2.64. The molecule has 1 aromatic heterocycles. The van der Waals surface area contributed by atoms with Gasteiger partial charge in [-0.1, -0.05) is 0 Å². The quantitative estimate of drug-likeness (QED) is 0.574. The minimum atomic E-state index is 0.384. The van der Waals surface area contributed by atoms with E-state index in [4.69, 9.17) is 4.74 Å². The lowest BCUT2D eigenvalue weighted by atomic mass is 10.5. The van der Waals surface area contributed by atoms with E-state index in [1.54, 1.807) is 0 Å². The Labute approximate surface area is 65.2 Å². The Morgan fingerprint density at radius 1 is 1.64 bits per heavy atom. The van der Waals surface area contributed by atoms with Gasteiger partial charge in [0.05, 0.1) is 13.2 Å². The monoisotopic (exact) mass is 153 g/mol. The maximum absolute atomic E-state index is 5.09. The molecule has 4 nitrogen and oxygen atoms in total. The summed E-state index contributed by atoms with van der Waals surface area (Å²) in [6.45, 7) is 5.59. The van der Waals surface area contributed by atoms with Gasteiger partial charge in [-0.05, 0) is 13.8 Å². The van der Waals surface area contributed by atoms with Crippen molar-refractivity contribution in [2.24, 2.45) is 0 Å². The molecule has 0 radical (unpaired) electrons. The number of epoxide rings is 1. The first kappa shape index (κ1) is 6.79. The summed E-state index contributed by atoms with van der Waals surface area (Å²) >= 11 is 0. The Morgan fingerprint density at radius 2 is 2.36 bits per heavy atom. The molecule has 1 unspecified atom stereocenters. The van der Waals surface area contributed by atoms with E-state index in [1.807, 2.05) is 18.5 Å². The second-order valence-corrected chi connectivity index (χ2v) is 2.84. The van der Waals surface area contributed by atoms with E-state index >= 15 is 0 Å². The van der Waals surface area contributed by atoms with Crippen LogP contribution in [0.2, 0.25) is 0 Å². The Bertz CT molecular complexity index is 265. The standard InChI is InChI=1S/C7H11N3O/c1-5-8-6(2)10(9-5)3-7-4-11-7/h7H,3-4H2,1-2H3. The first-order valence-corrected chi connectivity index (χ1v) is 3.75. The van der Waals surface area contributed by atoms with Crippen molar-refractivity contribution in [2.45, 2.75) is 26.5 Å². The lowest BCUT2D eigenvalue weighted by Gasteiger charge is -1.96. The molecule has 11 heavy (non-hydrogen) atoms. The second-order valence-electron chi connectivity index (χ2n) is 2.84. The Balaban J connectivity index is 2.14. The number of hydrogen-bond donors (Lipinski definition) is 0. The molecule has 1 saturated heterocycles. The zero-order valence-electron chi connectivity index (χ0n) is 6.74. The van der Waals surface area contributed by atoms with Crippen LogP contribution in [0.1, 0.15) is 11.6 Å². The van der Waals surface area contributed by atoms with Crippen LogP contribution in [-0.2, 0) is 11.3 Å². The predicted molar refractivity (Wildman–Crippen MR) is 39.2 cm³/mol. The molecule has 0 aromatic carbocycles. The number of nitrogens with zero attached hydrogens (tertiary/aromatic N) is 3. The summed E-state index contributed by atoms with van der Waals surface area (Å²) in [4.78, 5) is 4.19. The maximum atomic E-state index is 5.09. The zero-order chi connectivity index (χ0) is 7.84. The fraction of sp³-hybridized carbons (Fsp3) is 0.714. The molecule has 2 heterocycles. The summed E-state index contributed by atoms with van der Waals surface area (Å²) in [6.07, 6.45) is 0.384. The molecule has 1 aliphatic heterocycles. The van der Waals surface area contributed by atoms with Crippen LogP contribution in [0.15, 0.2) is 0 Å². The van der Waals surface area contributed by atoms with Crippen molar-refractivity contribution < 1.29 is 4.74 Å². The highest BCUT2D eigenvalue weighted by molar-refractivity contribution is 4.88. The van der Waals surface area contributed by atoms with Crippen molar-refractivity contribution in [1.82, 2.24) is 14.8 Å². The van der Waals surface area contributed by atoms with Gasteiger partial charge in [0.2, 0.25) is 0 Å². The molecule has 60 valence electrons. The average molecular weight is 153 g/mol. The van der Waals surface area contributed by atoms with Crippen LogP contribution in [0.3, 0.4) is 0 Å². The van der Waals surface area contributed by atoms with Crippen LogP contribution in [0.25, 0.3) is 0 Å². The molecule has 0 amide bonds. The summed E-state index contributed by atoms with van der Waals surface area (Å²) in [7, 11) is 0. The second kappa shape index (κ2) is 2.30. The molecular formula is C7H11N3O. The van der Waals surface area contributed by atoms with Gasteiger partial charge in [0, 0.05) is 0 Å². The van der Waals surface area contributed by atoms with Crippen molar-refractivity contribution in [1.29, 1.82) is 0 Å². The van der Waals surface area contributed by atoms with E-state index in [1.165, 1.54) is 0 Å². The molecule has 1 aliphatic rings. The van der Waals surface area contributed by atoms with Crippen molar-refractivity contribution in [3.63, 3.8) is 0 Å². The van der Waals surface area contributed by atoms with Crippen LogP contribution >= 0.6 is 0 Å². The van der Waals surface area contributed by atoms with E-state index in [-0.39, 0.29) is 0 Å². The SMILES string of the molecule is Cc1nc(C)n(CC2CO2)n1. The summed E-state index contributed by atoms with van der Waals surface area (Å²) in [5, 5.41) is 4.22. The topological polar surface area (TPSA) is 43.2 Å². The maximum Gasteiger partial charge on any atom is 0.147 e. The van der Waals surface area contributed by atoms with Crippen LogP contribution in [-0.4, -0.2) is 27.5 Å². The molecule has 1 aromatic rings. The normalized spacial score (nSPS) is 22.2. The summed E-state index contributed by atoms with van der Waals surface area (Å²) in [5.41, 5.74) is 0. The number of hydrogen-bond acceptors (Lipinski definition) is 3. The van der Waals surface area contributed by atoms with Crippen molar-refractivity contribution in [2.75, 3.05) is 6.61 Å². The third-order valence-electron chi connectivity index (χ3n) is 1.74. The number of rotatable bonds is 2. The van der Waals surface area contributed by atoms with Gasteiger partial charge in [-0.25, -0.2) is 9.67 Å². The van der Waals surface area contributed by atoms with Gasteiger partial charge in [0.1, 0.15) is 17.8 Å². The molecular weight excluding hydrogens is 142 g/mol. The molecule has 0 saturated carbocycles. The molecule has 4 heteroatoms. The van der Waals surface area contributed by atoms with Gasteiger partial charge in [-0.15, -0.1) is 0 Å². The molecule has 0 bridgehead atoms. The minimum absolute atomic E-state index is 0.384. The first-order valence-electron chi connectivity index (χ1n) is 3.75. The summed E-state index contributed by atoms with van der Waals surface area (Å²) < 4.78 is 6.98. The molecule has 0 spiro atoms. The third-order valence-corrected chi connectivity index (χ3v) is 1.74. The van der Waals surface area contributed by atoms with Crippen molar-refractivity contribution >= 4 is 0 Å². The first-order chi connectivity index (χ1) is 5.25. The van der Waals surface area contributed by atoms with Crippen molar-refractivity contribution in [3.8, 4) is 0 Å². The fourth-order valence-electron chi connectivity index (χ4n) is 1.10. The van der Waals surface area contributed by atoms with Crippen LogP contribution < -0.4 is 0 Å². The zero-order valence-corrected chi connectivity index (χ0v) is 6.74. The molecule has 2 rings (SSSR count). The molecule has 1 fully saturated rings. The van der Waals surface area contributed by atoms with Crippen LogP contribution in [0, 0.1) is 13.8 Å². The lowest BCUT2D eigenvalue weighted by Crippen LogP contribution is -2.07. The third kappa shape index (κ3) is 1.40. The van der Waals surface area contributed by atoms with Gasteiger partial charge >= 0.3 is 0 Å². The lowest BCUT2D eigenvalue weighted by molar-refractivity contribution is 0.370.